The van der Waals surface area contributed by atoms with E-state index in [9.17, 15) is 64.8 Å². The predicted octanol–water partition coefficient (Wildman–Crippen LogP) is 5.13. The molecule has 0 radical (unpaired) electrons. The van der Waals surface area contributed by atoms with E-state index >= 15 is 0 Å². The van der Waals surface area contributed by atoms with E-state index in [1.165, 1.54) is 5.56 Å². The highest BCUT2D eigenvalue weighted by Gasteiger charge is 2.63. The first-order valence-corrected chi connectivity index (χ1v) is 16.2. The molecule has 0 spiro atoms. The summed E-state index contributed by atoms with van der Waals surface area (Å²) in [7, 11) is -22.2. The third-order valence-electron chi connectivity index (χ3n) is 4.80. The van der Waals surface area contributed by atoms with E-state index in [0.717, 1.165) is 17.9 Å². The third kappa shape index (κ3) is 8.62. The van der Waals surface area contributed by atoms with Gasteiger partial charge >= 0.3 is 16.5 Å². The third-order valence-corrected chi connectivity index (χ3v) is 14.0. The minimum absolute atomic E-state index is 0.00446. The first-order valence-electron chi connectivity index (χ1n) is 10.2. The minimum atomic E-state index is -8.02. The molecule has 40 heavy (non-hydrogen) atoms. The van der Waals surface area contributed by atoms with Gasteiger partial charge in [0.05, 0.1) is 11.0 Å². The number of alkyl halides is 9. The number of hydrogen-bond donors (Lipinski definition) is 0. The molecular weight excluding hydrogens is 651 g/mol. The smallest absolute Gasteiger partial charge is 0.251 e. The van der Waals surface area contributed by atoms with Gasteiger partial charge in [-0.3, -0.25) is 25.3 Å². The number of hydrogen-bond acceptors (Lipinski definition) is 7. The highest BCUT2D eigenvalue weighted by molar-refractivity contribution is 8.29. The summed E-state index contributed by atoms with van der Waals surface area (Å²) >= 11 is -0.00446. The molecule has 230 valence electrons. The van der Waals surface area contributed by atoms with Crippen molar-refractivity contribution in [2.24, 2.45) is 5.41 Å². The lowest BCUT2D eigenvalue weighted by Crippen LogP contribution is -2.47. The standard InChI is InChI=1S/C16H21OS.C4F9O6S3/c1-16(11-7-4-8-12-16)14-18(17-2)13-15-9-5-3-6-10-15;5-2(6,7)20(14,15)1(21(16,17)3(8,9)10)22(18,19)4(11,12)13/h3-11H,12-14H2,1-2H3;/q+1;-1. The second-order valence-corrected chi connectivity index (χ2v) is 16.3. The molecule has 2 unspecified atom stereocenters. The molecule has 0 amide bonds. The summed E-state index contributed by atoms with van der Waals surface area (Å²) in [6.07, 6.45) is 9.97. The maximum atomic E-state index is 12.0. The van der Waals surface area contributed by atoms with Crippen LogP contribution in [0.1, 0.15) is 18.9 Å². The first kappa shape index (κ1) is 36.3. The van der Waals surface area contributed by atoms with Gasteiger partial charge in [-0.15, -0.1) is 0 Å². The van der Waals surface area contributed by atoms with Crippen LogP contribution in [0, 0.1) is 9.33 Å². The average Bonchev–Trinajstić information content (AvgIpc) is 2.77. The molecule has 0 bridgehead atoms. The van der Waals surface area contributed by atoms with E-state index in [-0.39, 0.29) is 16.6 Å². The van der Waals surface area contributed by atoms with Gasteiger partial charge in [-0.1, -0.05) is 61.6 Å². The Labute approximate surface area is 227 Å². The highest BCUT2D eigenvalue weighted by atomic mass is 32.3. The molecule has 1 aliphatic rings. The maximum Gasteiger partial charge on any atom is 0.470 e. The largest absolute Gasteiger partial charge is 0.470 e. The van der Waals surface area contributed by atoms with Crippen LogP contribution in [0.3, 0.4) is 0 Å². The van der Waals surface area contributed by atoms with Gasteiger partial charge in [0.1, 0.15) is 0 Å². The summed E-state index contributed by atoms with van der Waals surface area (Å²) in [5.74, 6) is 2.11. The molecule has 2 rings (SSSR count). The van der Waals surface area contributed by atoms with Crippen molar-refractivity contribution in [3.63, 3.8) is 0 Å². The van der Waals surface area contributed by atoms with Crippen LogP contribution >= 0.6 is 0 Å². The average molecular weight is 673 g/mol. The normalized spacial score (nSPS) is 19.7. The molecule has 1 aromatic carbocycles. The van der Waals surface area contributed by atoms with E-state index in [1.807, 2.05) is 7.11 Å². The molecule has 0 heterocycles. The zero-order valence-electron chi connectivity index (χ0n) is 20.2. The number of halogens is 9. The second-order valence-electron chi connectivity index (χ2n) is 8.12. The molecule has 1 aromatic rings. The fourth-order valence-corrected chi connectivity index (χ4v) is 10.5. The van der Waals surface area contributed by atoms with E-state index in [4.69, 9.17) is 4.18 Å². The van der Waals surface area contributed by atoms with E-state index in [0.29, 0.717) is 0 Å². The SMILES string of the molecule is CO[S+](Cc1ccccc1)CC1(C)C=CC=CC1.O=S(=O)([C-](S(=O)(=O)C(F)(F)F)S(=O)(=O)C(F)(F)F)C(F)(F)F. The van der Waals surface area contributed by atoms with Crippen LogP contribution in [0.4, 0.5) is 39.5 Å². The highest BCUT2D eigenvalue weighted by Crippen LogP contribution is 2.47. The molecule has 0 N–H and O–H groups in total. The molecule has 0 aliphatic heterocycles. The molecule has 1 aliphatic carbocycles. The monoisotopic (exact) mass is 672 g/mol. The molecule has 0 saturated carbocycles. The summed E-state index contributed by atoms with van der Waals surface area (Å²) in [5.41, 5.74) is -19.6. The van der Waals surface area contributed by atoms with Gasteiger partial charge in [0.25, 0.3) is 0 Å². The molecule has 0 aromatic heterocycles. The topological polar surface area (TPSA) is 112 Å². The van der Waals surface area contributed by atoms with Gasteiger partial charge < -0.3 is 0 Å². The summed E-state index contributed by atoms with van der Waals surface area (Å²) in [6, 6.07) is 10.6. The number of sulfone groups is 3. The molecule has 2 atom stereocenters. The molecule has 0 fully saturated rings. The Morgan fingerprint density at radius 2 is 1.23 bits per heavy atom. The Kier molecular flexibility index (Phi) is 11.4. The Morgan fingerprint density at radius 3 is 1.55 bits per heavy atom. The Morgan fingerprint density at radius 1 is 0.800 bits per heavy atom. The van der Waals surface area contributed by atoms with Crippen molar-refractivity contribution >= 4 is 40.7 Å². The zero-order chi connectivity index (χ0) is 31.4. The lowest BCUT2D eigenvalue weighted by atomic mass is 9.86. The van der Waals surface area contributed by atoms with Crippen LogP contribution in [0.2, 0.25) is 0 Å². The van der Waals surface area contributed by atoms with Crippen LogP contribution in [-0.2, 0) is 50.6 Å². The van der Waals surface area contributed by atoms with Crippen molar-refractivity contribution in [2.45, 2.75) is 35.6 Å². The van der Waals surface area contributed by atoms with Crippen LogP contribution in [0.15, 0.2) is 54.6 Å². The number of rotatable bonds is 8. The van der Waals surface area contributed by atoms with E-state index < -0.39 is 50.0 Å². The fraction of sp³-hybridized carbons (Fsp3) is 0.450. The van der Waals surface area contributed by atoms with Crippen molar-refractivity contribution in [2.75, 3.05) is 12.9 Å². The second kappa shape index (κ2) is 12.6. The van der Waals surface area contributed by atoms with Gasteiger partial charge in [0, 0.05) is 11.0 Å². The zero-order valence-corrected chi connectivity index (χ0v) is 23.5. The van der Waals surface area contributed by atoms with Crippen molar-refractivity contribution < 1.29 is 69.0 Å². The quantitative estimate of drug-likeness (QED) is 0.214. The summed E-state index contributed by atoms with van der Waals surface area (Å²) in [5, 5.41) is 0. The van der Waals surface area contributed by atoms with Gasteiger partial charge in [-0.2, -0.15) is 43.7 Å². The molecule has 0 saturated heterocycles. The summed E-state index contributed by atoms with van der Waals surface area (Å²) in [4.78, 5) is 0. The molecule has 7 nitrogen and oxygen atoms in total. The van der Waals surface area contributed by atoms with Crippen molar-refractivity contribution in [3.05, 3.63) is 64.1 Å². The summed E-state index contributed by atoms with van der Waals surface area (Å²) < 4.78 is 173. The lowest BCUT2D eigenvalue weighted by molar-refractivity contribution is -0.0471. The predicted molar refractivity (Wildman–Crippen MR) is 129 cm³/mol. The van der Waals surface area contributed by atoms with Crippen LogP contribution in [-0.4, -0.2) is 54.6 Å². The van der Waals surface area contributed by atoms with E-state index in [1.54, 1.807) is 0 Å². The number of allylic oxidation sites excluding steroid dienone is 4. The Balaban J connectivity index is 0.000000406. The van der Waals surface area contributed by atoms with Gasteiger partial charge in [-0.25, -0.2) is 0 Å². The maximum absolute atomic E-state index is 12.0. The van der Waals surface area contributed by atoms with Gasteiger partial charge in [0.15, 0.2) is 52.2 Å². The fourth-order valence-electron chi connectivity index (χ4n) is 2.89. The Hall–Kier alpha value is -1.77. The molecular formula is C20H21F9O7S4. The van der Waals surface area contributed by atoms with Crippen LogP contribution < -0.4 is 0 Å². The van der Waals surface area contributed by atoms with Crippen LogP contribution in [0.5, 0.6) is 0 Å². The Bertz CT molecular complexity index is 1280. The summed E-state index contributed by atoms with van der Waals surface area (Å²) in [6.45, 7) is 2.32. The minimum Gasteiger partial charge on any atom is -0.251 e. The van der Waals surface area contributed by atoms with Gasteiger partial charge in [-0.05, 0) is 6.42 Å². The van der Waals surface area contributed by atoms with Gasteiger partial charge in [0.2, 0.25) is 0 Å². The molecule has 20 heteroatoms. The van der Waals surface area contributed by atoms with Crippen molar-refractivity contribution in [1.29, 1.82) is 0 Å². The van der Waals surface area contributed by atoms with Crippen molar-refractivity contribution in [3.8, 4) is 0 Å². The number of benzene rings is 1. The lowest BCUT2D eigenvalue weighted by Gasteiger charge is -2.31. The van der Waals surface area contributed by atoms with E-state index in [2.05, 4.69) is 61.6 Å². The van der Waals surface area contributed by atoms with Crippen molar-refractivity contribution in [1.82, 2.24) is 0 Å². The van der Waals surface area contributed by atoms with Crippen LogP contribution in [0.25, 0.3) is 0 Å². The first-order chi connectivity index (χ1) is 17.8.